The highest BCUT2D eigenvalue weighted by Crippen LogP contribution is 2.34. The second-order valence-corrected chi connectivity index (χ2v) is 9.75. The monoisotopic (exact) mass is 423 g/mol. The molecule has 4 rings (SSSR count). The average molecular weight is 424 g/mol. The van der Waals surface area contributed by atoms with E-state index in [1.54, 1.807) is 18.2 Å². The van der Waals surface area contributed by atoms with Gasteiger partial charge in [0.05, 0.1) is 16.3 Å². The van der Waals surface area contributed by atoms with Crippen molar-refractivity contribution in [2.75, 3.05) is 42.1 Å². The Morgan fingerprint density at radius 3 is 2.41 bits per heavy atom. The van der Waals surface area contributed by atoms with E-state index in [9.17, 15) is 13.2 Å². The molecule has 0 unspecified atom stereocenters. The second-order valence-electron chi connectivity index (χ2n) is 6.36. The number of piperazine rings is 1. The second kappa shape index (κ2) is 7.35. The first-order valence-corrected chi connectivity index (χ1v) is 11.3. The largest absolute Gasteiger partial charge is 0.369 e. The maximum absolute atomic E-state index is 13.0. The van der Waals surface area contributed by atoms with Crippen molar-refractivity contribution < 1.29 is 13.2 Å². The van der Waals surface area contributed by atoms with Gasteiger partial charge >= 0.3 is 0 Å². The number of hydrogen-bond donors (Lipinski definition) is 1. The molecule has 2 heterocycles. The van der Waals surface area contributed by atoms with Crippen LogP contribution in [0.1, 0.15) is 0 Å². The predicted molar refractivity (Wildman–Crippen MR) is 108 cm³/mol. The number of fused-ring (bicyclic) bond motifs is 1. The van der Waals surface area contributed by atoms with Gasteiger partial charge in [-0.15, -0.1) is 11.8 Å². The number of carbonyl (C=O) groups excluding carboxylic acids is 1. The van der Waals surface area contributed by atoms with Crippen LogP contribution in [0.4, 0.5) is 11.4 Å². The van der Waals surface area contributed by atoms with E-state index in [2.05, 4.69) is 10.2 Å². The molecule has 2 aromatic rings. The van der Waals surface area contributed by atoms with E-state index in [0.717, 1.165) is 10.6 Å². The van der Waals surface area contributed by atoms with Crippen molar-refractivity contribution in [1.29, 1.82) is 0 Å². The average Bonchev–Trinajstić information content (AvgIpc) is 2.68. The first-order valence-electron chi connectivity index (χ1n) is 8.51. The number of anilines is 2. The molecule has 0 saturated carbocycles. The molecule has 2 aliphatic rings. The summed E-state index contributed by atoms with van der Waals surface area (Å²) in [6.45, 7) is 2.09. The Morgan fingerprint density at radius 2 is 1.70 bits per heavy atom. The van der Waals surface area contributed by atoms with Gasteiger partial charge in [-0.2, -0.15) is 4.31 Å². The lowest BCUT2D eigenvalue weighted by molar-refractivity contribution is -0.113. The van der Waals surface area contributed by atoms with Gasteiger partial charge in [0.25, 0.3) is 0 Å². The van der Waals surface area contributed by atoms with Gasteiger partial charge in [-0.25, -0.2) is 8.42 Å². The van der Waals surface area contributed by atoms with Gasteiger partial charge in [-0.1, -0.05) is 11.6 Å². The minimum atomic E-state index is -3.56. The first-order chi connectivity index (χ1) is 12.9. The minimum Gasteiger partial charge on any atom is -0.369 e. The Hall–Kier alpha value is -1.74. The van der Waals surface area contributed by atoms with Gasteiger partial charge in [-0.3, -0.25) is 4.79 Å². The third-order valence-electron chi connectivity index (χ3n) is 4.65. The number of thioether (sulfide) groups is 1. The Labute approximate surface area is 167 Å². The Kier molecular flexibility index (Phi) is 5.07. The van der Waals surface area contributed by atoms with Crippen LogP contribution in [0.3, 0.4) is 0 Å². The molecule has 27 heavy (non-hydrogen) atoms. The highest BCUT2D eigenvalue weighted by atomic mass is 35.5. The lowest BCUT2D eigenvalue weighted by Gasteiger charge is -2.35. The summed E-state index contributed by atoms with van der Waals surface area (Å²) < 4.78 is 27.6. The topological polar surface area (TPSA) is 69.7 Å². The van der Waals surface area contributed by atoms with Gasteiger partial charge in [0, 0.05) is 41.8 Å². The highest BCUT2D eigenvalue weighted by Gasteiger charge is 2.29. The van der Waals surface area contributed by atoms with Crippen molar-refractivity contribution in [3.8, 4) is 0 Å². The molecule has 0 bridgehead atoms. The number of amides is 1. The summed E-state index contributed by atoms with van der Waals surface area (Å²) in [4.78, 5) is 14.7. The van der Waals surface area contributed by atoms with Crippen LogP contribution >= 0.6 is 23.4 Å². The molecule has 2 aromatic carbocycles. The lowest BCUT2D eigenvalue weighted by Crippen LogP contribution is -2.48. The van der Waals surface area contributed by atoms with Crippen LogP contribution in [0.25, 0.3) is 0 Å². The van der Waals surface area contributed by atoms with Crippen molar-refractivity contribution in [2.45, 2.75) is 9.79 Å². The summed E-state index contributed by atoms with van der Waals surface area (Å²) in [6, 6.07) is 12.4. The van der Waals surface area contributed by atoms with Gasteiger partial charge < -0.3 is 10.2 Å². The summed E-state index contributed by atoms with van der Waals surface area (Å²) in [7, 11) is -3.56. The molecular weight excluding hydrogens is 406 g/mol. The van der Waals surface area contributed by atoms with E-state index in [0.29, 0.717) is 42.6 Å². The molecule has 1 fully saturated rings. The van der Waals surface area contributed by atoms with E-state index in [1.807, 2.05) is 24.3 Å². The zero-order valence-electron chi connectivity index (χ0n) is 14.4. The molecule has 1 amide bonds. The predicted octanol–water partition coefficient (Wildman–Crippen LogP) is 2.90. The molecule has 0 aromatic heterocycles. The highest BCUT2D eigenvalue weighted by molar-refractivity contribution is 8.00. The fourth-order valence-electron chi connectivity index (χ4n) is 3.20. The van der Waals surface area contributed by atoms with E-state index in [1.165, 1.54) is 16.1 Å². The third kappa shape index (κ3) is 3.80. The fraction of sp³-hybridized carbons (Fsp3) is 0.278. The maximum Gasteiger partial charge on any atom is 0.243 e. The smallest absolute Gasteiger partial charge is 0.243 e. The van der Waals surface area contributed by atoms with Crippen molar-refractivity contribution in [3.05, 3.63) is 47.5 Å². The van der Waals surface area contributed by atoms with Crippen LogP contribution in [0, 0.1) is 0 Å². The molecule has 6 nitrogen and oxygen atoms in total. The normalized spacial score (nSPS) is 18.1. The molecule has 0 radical (unpaired) electrons. The summed E-state index contributed by atoms with van der Waals surface area (Å²) >= 11 is 7.29. The number of rotatable bonds is 3. The molecule has 1 N–H and O–H groups in total. The minimum absolute atomic E-state index is 0.0681. The van der Waals surface area contributed by atoms with Crippen LogP contribution in [0.5, 0.6) is 0 Å². The van der Waals surface area contributed by atoms with Gasteiger partial charge in [0.2, 0.25) is 15.9 Å². The number of sulfonamides is 1. The van der Waals surface area contributed by atoms with Crippen molar-refractivity contribution in [2.24, 2.45) is 0 Å². The molecule has 0 spiro atoms. The number of carbonyl (C=O) groups is 1. The number of nitrogens with zero attached hydrogens (tertiary/aromatic N) is 2. The summed E-state index contributed by atoms with van der Waals surface area (Å²) in [6.07, 6.45) is 0. The SMILES string of the molecule is O=C1CSc2cc(S(=O)(=O)N3CCN(c4ccc(Cl)cc4)CC3)ccc2N1. The van der Waals surface area contributed by atoms with E-state index >= 15 is 0 Å². The molecule has 142 valence electrons. The molecule has 2 aliphatic heterocycles. The van der Waals surface area contributed by atoms with Crippen LogP contribution in [-0.4, -0.2) is 50.6 Å². The van der Waals surface area contributed by atoms with E-state index < -0.39 is 10.0 Å². The number of halogens is 1. The third-order valence-corrected chi connectivity index (χ3v) is 7.86. The van der Waals surface area contributed by atoms with Gasteiger partial charge in [-0.05, 0) is 42.5 Å². The van der Waals surface area contributed by atoms with Crippen LogP contribution < -0.4 is 10.2 Å². The maximum atomic E-state index is 13.0. The number of hydrogen-bond acceptors (Lipinski definition) is 5. The fourth-order valence-corrected chi connectivity index (χ4v) is 5.70. The van der Waals surface area contributed by atoms with Crippen molar-refractivity contribution >= 4 is 50.7 Å². The van der Waals surface area contributed by atoms with E-state index in [-0.39, 0.29) is 10.8 Å². The van der Waals surface area contributed by atoms with Crippen LogP contribution in [0.15, 0.2) is 52.3 Å². The first kappa shape index (κ1) is 18.6. The van der Waals surface area contributed by atoms with Gasteiger partial charge in [0.1, 0.15) is 0 Å². The zero-order valence-corrected chi connectivity index (χ0v) is 16.8. The zero-order chi connectivity index (χ0) is 19.0. The quantitative estimate of drug-likeness (QED) is 0.822. The lowest BCUT2D eigenvalue weighted by atomic mass is 10.2. The Balaban J connectivity index is 1.49. The van der Waals surface area contributed by atoms with E-state index in [4.69, 9.17) is 11.6 Å². The Morgan fingerprint density at radius 1 is 1.00 bits per heavy atom. The number of benzene rings is 2. The molecule has 0 atom stereocenters. The molecular formula is C18H18ClN3O3S2. The summed E-state index contributed by atoms with van der Waals surface area (Å²) in [5.41, 5.74) is 1.71. The van der Waals surface area contributed by atoms with Crippen LogP contribution in [-0.2, 0) is 14.8 Å². The summed E-state index contributed by atoms with van der Waals surface area (Å²) in [5, 5.41) is 3.44. The molecule has 0 aliphatic carbocycles. The van der Waals surface area contributed by atoms with Crippen LogP contribution in [0.2, 0.25) is 5.02 Å². The van der Waals surface area contributed by atoms with Crippen molar-refractivity contribution in [1.82, 2.24) is 4.31 Å². The summed E-state index contributed by atoms with van der Waals surface area (Å²) in [5.74, 6) is 0.234. The number of nitrogens with one attached hydrogen (secondary N) is 1. The Bertz CT molecular complexity index is 972. The van der Waals surface area contributed by atoms with Crippen molar-refractivity contribution in [3.63, 3.8) is 0 Å². The standard InChI is InChI=1S/C18H18ClN3O3S2/c19-13-1-3-14(4-2-13)21-7-9-22(10-8-21)27(24,25)15-5-6-16-17(11-15)26-12-18(23)20-16/h1-6,11H,7-10,12H2,(H,20,23). The van der Waals surface area contributed by atoms with Gasteiger partial charge in [0.15, 0.2) is 0 Å². The molecule has 1 saturated heterocycles. The molecule has 9 heteroatoms.